The molecule has 0 saturated carbocycles. The Kier molecular flexibility index (Phi) is 5.06. The maximum atomic E-state index is 12.2. The molecule has 0 fully saturated rings. The molecule has 104 valence electrons. The summed E-state index contributed by atoms with van der Waals surface area (Å²) in [6.07, 6.45) is 0. The van der Waals surface area contributed by atoms with Crippen LogP contribution in [-0.4, -0.2) is 35.7 Å². The van der Waals surface area contributed by atoms with Gasteiger partial charge in [0.2, 0.25) is 10.0 Å². The van der Waals surface area contributed by atoms with Crippen molar-refractivity contribution in [1.82, 2.24) is 14.5 Å². The van der Waals surface area contributed by atoms with E-state index in [1.54, 1.807) is 25.7 Å². The first-order valence-electron chi connectivity index (χ1n) is 5.68. The van der Waals surface area contributed by atoms with Gasteiger partial charge in [0.05, 0.1) is 5.69 Å². The van der Waals surface area contributed by atoms with Crippen LogP contribution in [0.2, 0.25) is 0 Å². The van der Waals surface area contributed by atoms with Crippen molar-refractivity contribution in [3.63, 3.8) is 0 Å². The molecule has 1 heterocycles. The summed E-state index contributed by atoms with van der Waals surface area (Å²) in [4.78, 5) is 0.0818. The molecule has 0 saturated heterocycles. The monoisotopic (exact) mass is 292 g/mol. The summed E-state index contributed by atoms with van der Waals surface area (Å²) < 4.78 is 28.5. The second-order valence-electron chi connectivity index (χ2n) is 4.11. The summed E-state index contributed by atoms with van der Waals surface area (Å²) in [7, 11) is -1.93. The summed E-state index contributed by atoms with van der Waals surface area (Å²) >= 11 is 1.69. The van der Waals surface area contributed by atoms with Crippen LogP contribution >= 0.6 is 11.8 Å². The van der Waals surface area contributed by atoms with Crippen LogP contribution in [0, 0.1) is 6.92 Å². The number of aryl methyl sites for hydroxylation is 1. The molecule has 1 atom stereocenters. The van der Waals surface area contributed by atoms with Crippen molar-refractivity contribution in [1.29, 1.82) is 0 Å². The number of nitrogens with one attached hydrogen (secondary N) is 1. The van der Waals surface area contributed by atoms with Crippen LogP contribution in [-0.2, 0) is 17.1 Å². The van der Waals surface area contributed by atoms with Gasteiger partial charge in [-0.15, -0.1) is 0 Å². The SMILES string of the molecule is CCSCC(C)NS(=O)(=O)c1c(N)nn(C)c1C. The number of sulfonamides is 1. The van der Waals surface area contributed by atoms with Crippen LogP contribution in [0.25, 0.3) is 0 Å². The number of nitrogen functional groups attached to an aromatic ring is 1. The third kappa shape index (κ3) is 3.39. The quantitative estimate of drug-likeness (QED) is 0.807. The second kappa shape index (κ2) is 5.94. The normalized spacial score (nSPS) is 13.8. The summed E-state index contributed by atoms with van der Waals surface area (Å²) in [6.45, 7) is 5.56. The van der Waals surface area contributed by atoms with Gasteiger partial charge in [0.1, 0.15) is 4.90 Å². The lowest BCUT2D eigenvalue weighted by Gasteiger charge is -2.13. The Labute approximate surface area is 112 Å². The lowest BCUT2D eigenvalue weighted by atomic mass is 10.4. The maximum absolute atomic E-state index is 12.2. The number of hydrogen-bond donors (Lipinski definition) is 2. The van der Waals surface area contributed by atoms with Crippen molar-refractivity contribution in [2.24, 2.45) is 7.05 Å². The number of aromatic nitrogens is 2. The van der Waals surface area contributed by atoms with Crippen molar-refractivity contribution < 1.29 is 8.42 Å². The van der Waals surface area contributed by atoms with Crippen LogP contribution < -0.4 is 10.5 Å². The summed E-state index contributed by atoms with van der Waals surface area (Å²) in [5.74, 6) is 1.73. The minimum Gasteiger partial charge on any atom is -0.381 e. The zero-order valence-corrected chi connectivity index (χ0v) is 12.7. The smallest absolute Gasteiger partial charge is 0.246 e. The lowest BCUT2D eigenvalue weighted by Crippen LogP contribution is -2.34. The van der Waals surface area contributed by atoms with Gasteiger partial charge in [-0.1, -0.05) is 6.92 Å². The van der Waals surface area contributed by atoms with Crippen molar-refractivity contribution in [3.05, 3.63) is 5.69 Å². The molecule has 3 N–H and O–H groups in total. The topological polar surface area (TPSA) is 90.0 Å². The van der Waals surface area contributed by atoms with Crippen molar-refractivity contribution in [2.45, 2.75) is 31.7 Å². The highest BCUT2D eigenvalue weighted by atomic mass is 32.2. The molecule has 1 aromatic heterocycles. The van der Waals surface area contributed by atoms with Crippen molar-refractivity contribution in [3.8, 4) is 0 Å². The molecule has 0 aliphatic rings. The Bertz CT molecular complexity index is 510. The molecule has 1 rings (SSSR count). The molecular weight excluding hydrogens is 272 g/mol. The Hall–Kier alpha value is -0.730. The third-order valence-electron chi connectivity index (χ3n) is 2.50. The van der Waals surface area contributed by atoms with E-state index in [0.717, 1.165) is 11.5 Å². The molecular formula is C10H20N4O2S2. The number of hydrogen-bond acceptors (Lipinski definition) is 5. The number of nitrogens with two attached hydrogens (primary N) is 1. The molecule has 0 bridgehead atoms. The van der Waals surface area contributed by atoms with E-state index in [1.165, 1.54) is 4.68 Å². The molecule has 1 aromatic rings. The Balaban J connectivity index is 2.93. The summed E-state index contributed by atoms with van der Waals surface area (Å²) in [5, 5.41) is 3.92. The molecule has 0 amide bonds. The fraction of sp³-hybridized carbons (Fsp3) is 0.700. The van der Waals surface area contributed by atoms with Gasteiger partial charge in [0, 0.05) is 18.8 Å². The molecule has 0 radical (unpaired) electrons. The van der Waals surface area contributed by atoms with E-state index in [4.69, 9.17) is 5.73 Å². The van der Waals surface area contributed by atoms with Crippen LogP contribution in [0.15, 0.2) is 4.90 Å². The molecule has 0 aliphatic carbocycles. The highest BCUT2D eigenvalue weighted by Crippen LogP contribution is 2.21. The van der Waals surface area contributed by atoms with E-state index in [2.05, 4.69) is 9.82 Å². The van der Waals surface area contributed by atoms with Gasteiger partial charge < -0.3 is 5.73 Å². The molecule has 0 spiro atoms. The van der Waals surface area contributed by atoms with E-state index in [-0.39, 0.29) is 16.8 Å². The van der Waals surface area contributed by atoms with Crippen LogP contribution in [0.3, 0.4) is 0 Å². The van der Waals surface area contributed by atoms with Crippen LogP contribution in [0.1, 0.15) is 19.5 Å². The first-order chi connectivity index (χ1) is 8.29. The third-order valence-corrected chi connectivity index (χ3v) is 5.40. The molecule has 18 heavy (non-hydrogen) atoms. The van der Waals surface area contributed by atoms with Gasteiger partial charge in [-0.05, 0) is 19.6 Å². The molecule has 8 heteroatoms. The first-order valence-corrected chi connectivity index (χ1v) is 8.32. The van der Waals surface area contributed by atoms with Gasteiger partial charge in [-0.3, -0.25) is 4.68 Å². The first kappa shape index (κ1) is 15.3. The zero-order chi connectivity index (χ0) is 13.9. The summed E-state index contributed by atoms with van der Waals surface area (Å²) in [6, 6.07) is -0.140. The maximum Gasteiger partial charge on any atom is 0.246 e. The van der Waals surface area contributed by atoms with Gasteiger partial charge in [-0.2, -0.15) is 16.9 Å². The van der Waals surface area contributed by atoms with Crippen LogP contribution in [0.4, 0.5) is 5.82 Å². The number of anilines is 1. The van der Waals surface area contributed by atoms with Gasteiger partial charge in [0.25, 0.3) is 0 Å². The number of rotatable bonds is 6. The number of nitrogens with zero attached hydrogens (tertiary/aromatic N) is 2. The minimum absolute atomic E-state index is 0.0397. The van der Waals surface area contributed by atoms with E-state index in [1.807, 2.05) is 13.8 Å². The predicted octanol–water partition coefficient (Wildman–Crippen LogP) is 0.731. The Morgan fingerprint density at radius 1 is 1.56 bits per heavy atom. The fourth-order valence-electron chi connectivity index (χ4n) is 1.60. The summed E-state index contributed by atoms with van der Waals surface area (Å²) in [5.41, 5.74) is 6.19. The predicted molar refractivity (Wildman–Crippen MR) is 75.1 cm³/mol. The average Bonchev–Trinajstić information content (AvgIpc) is 2.49. The highest BCUT2D eigenvalue weighted by Gasteiger charge is 2.25. The van der Waals surface area contributed by atoms with Gasteiger partial charge >= 0.3 is 0 Å². The van der Waals surface area contributed by atoms with E-state index < -0.39 is 10.0 Å². The second-order valence-corrected chi connectivity index (χ2v) is 7.07. The van der Waals surface area contributed by atoms with Gasteiger partial charge in [-0.25, -0.2) is 13.1 Å². The lowest BCUT2D eigenvalue weighted by molar-refractivity contribution is 0.570. The molecule has 1 unspecified atom stereocenters. The zero-order valence-electron chi connectivity index (χ0n) is 11.1. The highest BCUT2D eigenvalue weighted by molar-refractivity contribution is 7.99. The largest absolute Gasteiger partial charge is 0.381 e. The molecule has 0 aliphatic heterocycles. The molecule has 0 aromatic carbocycles. The van der Waals surface area contributed by atoms with Crippen molar-refractivity contribution >= 4 is 27.6 Å². The molecule has 6 nitrogen and oxygen atoms in total. The van der Waals surface area contributed by atoms with E-state index >= 15 is 0 Å². The van der Waals surface area contributed by atoms with Crippen LogP contribution in [0.5, 0.6) is 0 Å². The standard InChI is InChI=1S/C10H20N4O2S2/c1-5-17-6-7(2)13-18(15,16)9-8(3)14(4)12-10(9)11/h7,13H,5-6H2,1-4H3,(H2,11,12). The minimum atomic E-state index is -3.60. The van der Waals surface area contributed by atoms with E-state index in [0.29, 0.717) is 5.69 Å². The Morgan fingerprint density at radius 2 is 2.17 bits per heavy atom. The van der Waals surface area contributed by atoms with Gasteiger partial charge in [0.15, 0.2) is 5.82 Å². The fourth-order valence-corrected chi connectivity index (χ4v) is 3.95. The van der Waals surface area contributed by atoms with Crippen molar-refractivity contribution in [2.75, 3.05) is 17.2 Å². The average molecular weight is 292 g/mol. The number of thioether (sulfide) groups is 1. The Morgan fingerprint density at radius 3 is 2.61 bits per heavy atom. The van der Waals surface area contributed by atoms with E-state index in [9.17, 15) is 8.42 Å².